The largest absolute Gasteiger partial charge is 0.373 e. The van der Waals surface area contributed by atoms with Gasteiger partial charge in [0, 0.05) is 39.8 Å². The molecule has 9 heteroatoms. The van der Waals surface area contributed by atoms with Crippen LogP contribution in [0.4, 0.5) is 5.82 Å². The second-order valence-electron chi connectivity index (χ2n) is 6.86. The molecule has 3 aromatic heterocycles. The normalized spacial score (nSPS) is 17.1. The van der Waals surface area contributed by atoms with Crippen molar-refractivity contribution in [2.24, 2.45) is 7.05 Å². The first-order valence-corrected chi connectivity index (χ1v) is 9.26. The Morgan fingerprint density at radius 2 is 2.21 bits per heavy atom. The number of carbonyl (C=O) groups excluding carboxylic acids is 1. The van der Waals surface area contributed by atoms with E-state index >= 15 is 0 Å². The molecule has 4 rings (SSSR count). The molecule has 0 radical (unpaired) electrons. The van der Waals surface area contributed by atoms with E-state index in [1.165, 1.54) is 0 Å². The maximum Gasteiger partial charge on any atom is 0.219 e. The molecule has 1 saturated heterocycles. The zero-order valence-corrected chi connectivity index (χ0v) is 16.2. The van der Waals surface area contributed by atoms with Gasteiger partial charge in [-0.2, -0.15) is 5.10 Å². The summed E-state index contributed by atoms with van der Waals surface area (Å²) in [4.78, 5) is 27.2. The molecule has 0 bridgehead atoms. The number of morpholine rings is 1. The molecular formula is C19H23N7O2. The standard InChI is InChI=1S/C19H23N7O2/c1-12-16-18(21-10-14-11-26(13(2)27)8-9-28-14)22-17(15-6-4-5-7-20-15)23-19(16)25(3)24-12/h4-7,14H,8-11H2,1-3H3,(H,21,22,23)/t14-/m1/s1. The van der Waals surface area contributed by atoms with Crippen molar-refractivity contribution in [3.8, 4) is 11.5 Å². The second kappa shape index (κ2) is 7.51. The minimum atomic E-state index is -0.0991. The number of aryl methyl sites for hydroxylation is 2. The Morgan fingerprint density at radius 1 is 1.36 bits per heavy atom. The molecule has 0 spiro atoms. The van der Waals surface area contributed by atoms with Crippen LogP contribution >= 0.6 is 0 Å². The smallest absolute Gasteiger partial charge is 0.219 e. The van der Waals surface area contributed by atoms with Crippen molar-refractivity contribution in [1.29, 1.82) is 0 Å². The first kappa shape index (κ1) is 18.3. The Kier molecular flexibility index (Phi) is 4.91. The highest BCUT2D eigenvalue weighted by Crippen LogP contribution is 2.26. The van der Waals surface area contributed by atoms with Gasteiger partial charge in [-0.15, -0.1) is 0 Å². The third-order valence-electron chi connectivity index (χ3n) is 4.83. The van der Waals surface area contributed by atoms with Gasteiger partial charge in [-0.05, 0) is 19.1 Å². The van der Waals surface area contributed by atoms with Crippen molar-refractivity contribution >= 4 is 22.8 Å². The van der Waals surface area contributed by atoms with Gasteiger partial charge in [0.15, 0.2) is 11.5 Å². The number of nitrogens with zero attached hydrogens (tertiary/aromatic N) is 6. The van der Waals surface area contributed by atoms with Gasteiger partial charge in [0.25, 0.3) is 0 Å². The van der Waals surface area contributed by atoms with Gasteiger partial charge in [-0.25, -0.2) is 9.97 Å². The van der Waals surface area contributed by atoms with Crippen molar-refractivity contribution < 1.29 is 9.53 Å². The minimum Gasteiger partial charge on any atom is -0.373 e. The van der Waals surface area contributed by atoms with Crippen molar-refractivity contribution in [3.63, 3.8) is 0 Å². The number of hydrogen-bond acceptors (Lipinski definition) is 7. The molecule has 1 N–H and O–H groups in total. The summed E-state index contributed by atoms with van der Waals surface area (Å²) in [6, 6.07) is 5.64. The zero-order valence-electron chi connectivity index (χ0n) is 16.2. The van der Waals surface area contributed by atoms with Crippen LogP contribution in [0.3, 0.4) is 0 Å². The maximum atomic E-state index is 11.7. The van der Waals surface area contributed by atoms with Crippen molar-refractivity contribution in [1.82, 2.24) is 29.6 Å². The highest BCUT2D eigenvalue weighted by atomic mass is 16.5. The number of fused-ring (bicyclic) bond motifs is 1. The van der Waals surface area contributed by atoms with Crippen LogP contribution < -0.4 is 5.32 Å². The van der Waals surface area contributed by atoms with Crippen LogP contribution in [0.25, 0.3) is 22.6 Å². The van der Waals surface area contributed by atoms with Gasteiger partial charge in [-0.1, -0.05) is 6.07 Å². The average Bonchev–Trinajstić information content (AvgIpc) is 3.01. The second-order valence-corrected chi connectivity index (χ2v) is 6.86. The van der Waals surface area contributed by atoms with E-state index in [9.17, 15) is 4.79 Å². The number of ether oxygens (including phenoxy) is 1. The van der Waals surface area contributed by atoms with Gasteiger partial charge in [-0.3, -0.25) is 14.5 Å². The molecular weight excluding hydrogens is 358 g/mol. The monoisotopic (exact) mass is 381 g/mol. The van der Waals surface area contributed by atoms with Gasteiger partial charge in [0.2, 0.25) is 5.91 Å². The molecule has 3 aromatic rings. The van der Waals surface area contributed by atoms with Crippen LogP contribution in [-0.2, 0) is 16.6 Å². The van der Waals surface area contributed by atoms with Crippen molar-refractivity contribution in [3.05, 3.63) is 30.1 Å². The van der Waals surface area contributed by atoms with Crippen LogP contribution in [0, 0.1) is 6.92 Å². The summed E-state index contributed by atoms with van der Waals surface area (Å²) in [6.45, 7) is 5.79. The number of aromatic nitrogens is 5. The van der Waals surface area contributed by atoms with Crippen LogP contribution in [0.15, 0.2) is 24.4 Å². The number of nitrogens with one attached hydrogen (secondary N) is 1. The van der Waals surface area contributed by atoms with Crippen LogP contribution in [-0.4, -0.2) is 67.9 Å². The van der Waals surface area contributed by atoms with Crippen molar-refractivity contribution in [2.45, 2.75) is 20.0 Å². The third-order valence-corrected chi connectivity index (χ3v) is 4.83. The highest BCUT2D eigenvalue weighted by Gasteiger charge is 2.23. The molecule has 28 heavy (non-hydrogen) atoms. The Bertz CT molecular complexity index is 1000. The summed E-state index contributed by atoms with van der Waals surface area (Å²) in [6.07, 6.45) is 1.62. The molecule has 1 aliphatic heterocycles. The maximum absolute atomic E-state index is 11.7. The van der Waals surface area contributed by atoms with E-state index < -0.39 is 0 Å². The molecule has 146 valence electrons. The van der Waals surface area contributed by atoms with Gasteiger partial charge < -0.3 is 15.0 Å². The van der Waals surface area contributed by atoms with Crippen molar-refractivity contribution in [2.75, 3.05) is 31.6 Å². The number of amides is 1. The lowest BCUT2D eigenvalue weighted by Gasteiger charge is -2.32. The molecule has 1 amide bonds. The van der Waals surface area contributed by atoms with Gasteiger partial charge >= 0.3 is 0 Å². The summed E-state index contributed by atoms with van der Waals surface area (Å²) in [5, 5.41) is 8.75. The molecule has 9 nitrogen and oxygen atoms in total. The number of hydrogen-bond donors (Lipinski definition) is 1. The van der Waals surface area contributed by atoms with E-state index in [1.807, 2.05) is 32.2 Å². The number of carbonyl (C=O) groups is 1. The molecule has 0 aliphatic carbocycles. The number of anilines is 1. The van der Waals surface area contributed by atoms with E-state index in [-0.39, 0.29) is 12.0 Å². The van der Waals surface area contributed by atoms with E-state index in [0.29, 0.717) is 43.6 Å². The minimum absolute atomic E-state index is 0.0678. The molecule has 1 aliphatic rings. The summed E-state index contributed by atoms with van der Waals surface area (Å²) >= 11 is 0. The first-order chi connectivity index (χ1) is 13.5. The average molecular weight is 381 g/mol. The molecule has 0 saturated carbocycles. The summed E-state index contributed by atoms with van der Waals surface area (Å²) in [5.41, 5.74) is 2.29. The fraction of sp³-hybridized carbons (Fsp3) is 0.421. The SMILES string of the molecule is CC(=O)N1CCO[C@H](CNc2nc(-c3ccccn3)nc3c2c(C)nn3C)C1. The molecule has 0 unspecified atom stereocenters. The number of pyridine rings is 1. The van der Waals surface area contributed by atoms with Crippen LogP contribution in [0.5, 0.6) is 0 Å². The summed E-state index contributed by atoms with van der Waals surface area (Å²) in [7, 11) is 1.86. The van der Waals surface area contributed by atoms with E-state index in [2.05, 4.69) is 20.4 Å². The van der Waals surface area contributed by atoms with Gasteiger partial charge in [0.1, 0.15) is 11.5 Å². The zero-order chi connectivity index (χ0) is 19.7. The number of rotatable bonds is 4. The Morgan fingerprint density at radius 3 is 2.96 bits per heavy atom. The predicted molar refractivity (Wildman–Crippen MR) is 105 cm³/mol. The van der Waals surface area contributed by atoms with E-state index in [4.69, 9.17) is 9.72 Å². The Balaban J connectivity index is 1.65. The molecule has 1 atom stereocenters. The summed E-state index contributed by atoms with van der Waals surface area (Å²) < 4.78 is 7.56. The molecule has 4 heterocycles. The van der Waals surface area contributed by atoms with E-state index in [0.717, 1.165) is 16.7 Å². The van der Waals surface area contributed by atoms with E-state index in [1.54, 1.807) is 22.7 Å². The fourth-order valence-corrected chi connectivity index (χ4v) is 3.42. The lowest BCUT2D eigenvalue weighted by atomic mass is 10.2. The Labute approximate surface area is 162 Å². The Hall–Kier alpha value is -3.07. The quantitative estimate of drug-likeness (QED) is 0.729. The van der Waals surface area contributed by atoms with Gasteiger partial charge in [0.05, 0.1) is 23.8 Å². The lowest BCUT2D eigenvalue weighted by molar-refractivity contribution is -0.135. The third kappa shape index (κ3) is 3.53. The fourth-order valence-electron chi connectivity index (χ4n) is 3.42. The van der Waals surface area contributed by atoms with Crippen LogP contribution in [0.1, 0.15) is 12.6 Å². The highest BCUT2D eigenvalue weighted by molar-refractivity contribution is 5.90. The lowest BCUT2D eigenvalue weighted by Crippen LogP contribution is -2.47. The molecule has 0 aromatic carbocycles. The van der Waals surface area contributed by atoms with Crippen LogP contribution in [0.2, 0.25) is 0 Å². The topological polar surface area (TPSA) is 98.1 Å². The molecule has 1 fully saturated rings. The first-order valence-electron chi connectivity index (χ1n) is 9.26. The summed E-state index contributed by atoms with van der Waals surface area (Å²) in [5.74, 6) is 1.30. The predicted octanol–water partition coefficient (Wildman–Crippen LogP) is 1.39.